The molecule has 2 amide bonds. The van der Waals surface area contributed by atoms with Crippen molar-refractivity contribution in [1.29, 1.82) is 0 Å². The predicted molar refractivity (Wildman–Crippen MR) is 93.7 cm³/mol. The third kappa shape index (κ3) is 3.52. The summed E-state index contributed by atoms with van der Waals surface area (Å²) in [6, 6.07) is 13.6. The minimum Gasteiger partial charge on any atom is -0.478 e. The van der Waals surface area contributed by atoms with Crippen LogP contribution < -0.4 is 10.2 Å². The van der Waals surface area contributed by atoms with Gasteiger partial charge in [-0.25, -0.2) is 4.79 Å². The van der Waals surface area contributed by atoms with Crippen LogP contribution in [0.5, 0.6) is 0 Å². The Balaban J connectivity index is 1.72. The molecule has 0 saturated carbocycles. The molecular weight excluding hydrogens is 320 g/mol. The molecule has 1 fully saturated rings. The van der Waals surface area contributed by atoms with Gasteiger partial charge in [0.05, 0.1) is 11.5 Å². The number of para-hydroxylation sites is 1. The quantitative estimate of drug-likeness (QED) is 0.897. The van der Waals surface area contributed by atoms with Gasteiger partial charge in [-0.1, -0.05) is 24.3 Å². The van der Waals surface area contributed by atoms with Crippen molar-refractivity contribution in [2.24, 2.45) is 5.92 Å². The number of aryl methyl sites for hydroxylation is 1. The number of hydrogen-bond donors (Lipinski definition) is 2. The molecule has 1 aliphatic rings. The summed E-state index contributed by atoms with van der Waals surface area (Å²) in [6.45, 7) is 2.24. The fourth-order valence-corrected chi connectivity index (χ4v) is 2.96. The van der Waals surface area contributed by atoms with Gasteiger partial charge in [0.1, 0.15) is 0 Å². The molecule has 1 aliphatic heterocycles. The first kappa shape index (κ1) is 16.7. The number of benzene rings is 2. The Kier molecular flexibility index (Phi) is 4.52. The molecule has 6 heteroatoms. The SMILES string of the molecule is Cc1ccccc1N1C[C@@H](C(=O)Nc2cccc(C(=O)O)c2)CC1=O. The molecule has 3 rings (SSSR count). The van der Waals surface area contributed by atoms with Gasteiger partial charge in [-0.3, -0.25) is 9.59 Å². The van der Waals surface area contributed by atoms with Gasteiger partial charge in [-0.15, -0.1) is 0 Å². The van der Waals surface area contributed by atoms with Crippen LogP contribution >= 0.6 is 0 Å². The van der Waals surface area contributed by atoms with Crippen LogP contribution in [0.1, 0.15) is 22.3 Å². The van der Waals surface area contributed by atoms with Crippen LogP contribution in [-0.2, 0) is 9.59 Å². The molecule has 6 nitrogen and oxygen atoms in total. The van der Waals surface area contributed by atoms with Gasteiger partial charge in [0.25, 0.3) is 0 Å². The van der Waals surface area contributed by atoms with E-state index >= 15 is 0 Å². The lowest BCUT2D eigenvalue weighted by Crippen LogP contribution is -2.28. The highest BCUT2D eigenvalue weighted by atomic mass is 16.4. The highest BCUT2D eigenvalue weighted by Gasteiger charge is 2.35. The van der Waals surface area contributed by atoms with Gasteiger partial charge >= 0.3 is 5.97 Å². The molecule has 0 aliphatic carbocycles. The minimum atomic E-state index is -1.06. The summed E-state index contributed by atoms with van der Waals surface area (Å²) in [7, 11) is 0. The Morgan fingerprint density at radius 2 is 1.92 bits per heavy atom. The lowest BCUT2D eigenvalue weighted by Gasteiger charge is -2.19. The number of hydrogen-bond acceptors (Lipinski definition) is 3. The number of aromatic carboxylic acids is 1. The average molecular weight is 338 g/mol. The number of carboxylic acid groups (broad SMARTS) is 1. The number of carbonyl (C=O) groups excluding carboxylic acids is 2. The molecule has 1 saturated heterocycles. The first-order chi connectivity index (χ1) is 12.0. The molecule has 0 spiro atoms. The van der Waals surface area contributed by atoms with Crippen LogP contribution in [0.3, 0.4) is 0 Å². The van der Waals surface area contributed by atoms with Crippen molar-refractivity contribution >= 4 is 29.2 Å². The molecule has 2 aromatic carbocycles. The van der Waals surface area contributed by atoms with Gasteiger partial charge in [0.2, 0.25) is 11.8 Å². The standard InChI is InChI=1S/C19H18N2O4/c1-12-5-2-3-8-16(12)21-11-14(10-17(21)22)18(23)20-15-7-4-6-13(9-15)19(24)25/h2-9,14H,10-11H2,1H3,(H,20,23)(H,24,25)/t14-/m0/s1. The molecule has 0 unspecified atom stereocenters. The predicted octanol–water partition coefficient (Wildman–Crippen LogP) is 2.68. The van der Waals surface area contributed by atoms with Crippen LogP contribution in [-0.4, -0.2) is 29.4 Å². The van der Waals surface area contributed by atoms with Crippen molar-refractivity contribution in [3.8, 4) is 0 Å². The van der Waals surface area contributed by atoms with Crippen molar-refractivity contribution in [3.63, 3.8) is 0 Å². The van der Waals surface area contributed by atoms with Crippen molar-refractivity contribution in [2.75, 3.05) is 16.8 Å². The summed E-state index contributed by atoms with van der Waals surface area (Å²) in [5.41, 5.74) is 2.30. The Labute approximate surface area is 145 Å². The Morgan fingerprint density at radius 3 is 2.64 bits per heavy atom. The largest absolute Gasteiger partial charge is 0.478 e. The van der Waals surface area contributed by atoms with Crippen LogP contribution in [0.4, 0.5) is 11.4 Å². The second-order valence-corrected chi connectivity index (χ2v) is 6.07. The molecule has 2 N–H and O–H groups in total. The summed E-state index contributed by atoms with van der Waals surface area (Å²) in [6.07, 6.45) is 0.138. The van der Waals surface area contributed by atoms with Crippen molar-refractivity contribution in [3.05, 3.63) is 59.7 Å². The fourth-order valence-electron chi connectivity index (χ4n) is 2.96. The highest BCUT2D eigenvalue weighted by molar-refractivity contribution is 6.04. The van der Waals surface area contributed by atoms with Gasteiger partial charge in [-0.05, 0) is 36.8 Å². The Bertz CT molecular complexity index is 847. The maximum atomic E-state index is 12.5. The van der Waals surface area contributed by atoms with Crippen LogP contribution in [0.25, 0.3) is 0 Å². The number of carbonyl (C=O) groups is 3. The number of carboxylic acids is 1. The summed E-state index contributed by atoms with van der Waals surface area (Å²) < 4.78 is 0. The van der Waals surface area contributed by atoms with Crippen LogP contribution in [0, 0.1) is 12.8 Å². The van der Waals surface area contributed by atoms with E-state index in [1.54, 1.807) is 17.0 Å². The molecule has 128 valence electrons. The van der Waals surface area contributed by atoms with Gasteiger partial charge in [0, 0.05) is 24.3 Å². The molecule has 2 aromatic rings. The first-order valence-electron chi connectivity index (χ1n) is 7.96. The molecule has 0 aromatic heterocycles. The third-order valence-corrected chi connectivity index (χ3v) is 4.28. The second-order valence-electron chi connectivity index (χ2n) is 6.07. The third-order valence-electron chi connectivity index (χ3n) is 4.28. The first-order valence-corrected chi connectivity index (χ1v) is 7.96. The molecule has 0 bridgehead atoms. The zero-order valence-electron chi connectivity index (χ0n) is 13.7. The number of rotatable bonds is 4. The van der Waals surface area contributed by atoms with E-state index in [1.165, 1.54) is 12.1 Å². The minimum absolute atomic E-state index is 0.0891. The Morgan fingerprint density at radius 1 is 1.16 bits per heavy atom. The van der Waals surface area contributed by atoms with E-state index in [1.807, 2.05) is 31.2 Å². The van der Waals surface area contributed by atoms with E-state index in [4.69, 9.17) is 5.11 Å². The Hall–Kier alpha value is -3.15. The fraction of sp³-hybridized carbons (Fsp3) is 0.211. The van der Waals surface area contributed by atoms with Crippen LogP contribution in [0.15, 0.2) is 48.5 Å². The summed E-state index contributed by atoms with van der Waals surface area (Å²) in [4.78, 5) is 37.4. The van der Waals surface area contributed by atoms with Gasteiger partial charge in [0.15, 0.2) is 0 Å². The molecule has 25 heavy (non-hydrogen) atoms. The van der Waals surface area contributed by atoms with E-state index in [0.717, 1.165) is 11.3 Å². The van der Waals surface area contributed by atoms with E-state index in [2.05, 4.69) is 5.32 Å². The number of nitrogens with zero attached hydrogens (tertiary/aromatic N) is 1. The summed E-state index contributed by atoms with van der Waals surface area (Å²) in [5, 5.41) is 11.7. The van der Waals surface area contributed by atoms with Crippen molar-refractivity contribution < 1.29 is 19.5 Å². The highest BCUT2D eigenvalue weighted by Crippen LogP contribution is 2.28. The maximum Gasteiger partial charge on any atom is 0.335 e. The topological polar surface area (TPSA) is 86.7 Å². The van der Waals surface area contributed by atoms with E-state index in [-0.39, 0.29) is 23.8 Å². The monoisotopic (exact) mass is 338 g/mol. The molecule has 0 radical (unpaired) electrons. The number of amides is 2. The molecular formula is C19H18N2O4. The zero-order valence-corrected chi connectivity index (χ0v) is 13.7. The zero-order chi connectivity index (χ0) is 18.0. The number of anilines is 2. The smallest absolute Gasteiger partial charge is 0.335 e. The van der Waals surface area contributed by atoms with Gasteiger partial charge < -0.3 is 15.3 Å². The van der Waals surface area contributed by atoms with E-state index in [9.17, 15) is 14.4 Å². The molecule has 1 atom stereocenters. The average Bonchev–Trinajstić information content (AvgIpc) is 2.97. The van der Waals surface area contributed by atoms with E-state index < -0.39 is 11.9 Å². The summed E-state index contributed by atoms with van der Waals surface area (Å²) in [5.74, 6) is -1.90. The second kappa shape index (κ2) is 6.76. The molecule has 1 heterocycles. The van der Waals surface area contributed by atoms with E-state index in [0.29, 0.717) is 12.2 Å². The van der Waals surface area contributed by atoms with Crippen LogP contribution in [0.2, 0.25) is 0 Å². The summed E-state index contributed by atoms with van der Waals surface area (Å²) >= 11 is 0. The van der Waals surface area contributed by atoms with Gasteiger partial charge in [-0.2, -0.15) is 0 Å². The van der Waals surface area contributed by atoms with Crippen molar-refractivity contribution in [2.45, 2.75) is 13.3 Å². The number of nitrogens with one attached hydrogen (secondary N) is 1. The lowest BCUT2D eigenvalue weighted by atomic mass is 10.1. The lowest BCUT2D eigenvalue weighted by molar-refractivity contribution is -0.122. The normalized spacial score (nSPS) is 16.8. The van der Waals surface area contributed by atoms with Crippen molar-refractivity contribution in [1.82, 2.24) is 0 Å². The maximum absolute atomic E-state index is 12.5.